The molecule has 5 heteroatoms. The average molecular weight is 430 g/mol. The van der Waals surface area contributed by atoms with Crippen LogP contribution in [-0.2, 0) is 12.0 Å². The van der Waals surface area contributed by atoms with E-state index in [1.807, 2.05) is 12.1 Å². The van der Waals surface area contributed by atoms with Crippen molar-refractivity contribution in [2.24, 2.45) is 0 Å². The molecular formula is C22H31Cl3N2. The fourth-order valence-corrected chi connectivity index (χ4v) is 4.55. The van der Waals surface area contributed by atoms with Gasteiger partial charge in [-0.2, -0.15) is 0 Å². The SMILES string of the molecule is CN[C@]1(c2ccccc2Cl)CCCC[C@@H]1NCCCc1ccccc1.Cl.Cl. The third kappa shape index (κ3) is 5.85. The summed E-state index contributed by atoms with van der Waals surface area (Å²) in [5.41, 5.74) is 2.59. The lowest BCUT2D eigenvalue weighted by Gasteiger charge is -2.45. The van der Waals surface area contributed by atoms with Crippen LogP contribution in [0.4, 0.5) is 0 Å². The zero-order valence-corrected chi connectivity index (χ0v) is 18.3. The zero-order valence-electron chi connectivity index (χ0n) is 15.9. The van der Waals surface area contributed by atoms with Crippen LogP contribution < -0.4 is 10.6 Å². The van der Waals surface area contributed by atoms with Crippen molar-refractivity contribution in [2.45, 2.75) is 50.1 Å². The molecule has 1 fully saturated rings. The second kappa shape index (κ2) is 11.9. The van der Waals surface area contributed by atoms with Crippen molar-refractivity contribution in [1.29, 1.82) is 0 Å². The van der Waals surface area contributed by atoms with Crippen LogP contribution in [-0.4, -0.2) is 19.6 Å². The minimum absolute atomic E-state index is 0. The Hall–Kier alpha value is -0.770. The Morgan fingerprint density at radius 1 is 1.00 bits per heavy atom. The van der Waals surface area contributed by atoms with Crippen LogP contribution in [0.25, 0.3) is 0 Å². The monoisotopic (exact) mass is 428 g/mol. The van der Waals surface area contributed by atoms with E-state index in [4.69, 9.17) is 11.6 Å². The second-order valence-electron chi connectivity index (χ2n) is 7.04. The number of hydrogen-bond donors (Lipinski definition) is 2. The Bertz CT molecular complexity index is 666. The third-order valence-electron chi connectivity index (χ3n) is 5.59. The Kier molecular flexibility index (Phi) is 10.7. The van der Waals surface area contributed by atoms with E-state index in [9.17, 15) is 0 Å². The summed E-state index contributed by atoms with van der Waals surface area (Å²) in [5, 5.41) is 8.34. The van der Waals surface area contributed by atoms with Crippen molar-refractivity contribution in [3.8, 4) is 0 Å². The number of halogens is 3. The van der Waals surface area contributed by atoms with Crippen LogP contribution in [0.2, 0.25) is 5.02 Å². The van der Waals surface area contributed by atoms with Crippen molar-refractivity contribution in [1.82, 2.24) is 10.6 Å². The molecule has 0 aromatic heterocycles. The second-order valence-corrected chi connectivity index (χ2v) is 7.45. The van der Waals surface area contributed by atoms with Gasteiger partial charge in [0.15, 0.2) is 0 Å². The van der Waals surface area contributed by atoms with Crippen molar-refractivity contribution < 1.29 is 0 Å². The van der Waals surface area contributed by atoms with E-state index in [2.05, 4.69) is 60.1 Å². The van der Waals surface area contributed by atoms with Crippen molar-refractivity contribution in [3.63, 3.8) is 0 Å². The number of hydrogen-bond acceptors (Lipinski definition) is 2. The van der Waals surface area contributed by atoms with E-state index < -0.39 is 0 Å². The van der Waals surface area contributed by atoms with Crippen molar-refractivity contribution in [2.75, 3.05) is 13.6 Å². The Morgan fingerprint density at radius 2 is 1.70 bits per heavy atom. The molecule has 2 N–H and O–H groups in total. The number of likely N-dealkylation sites (N-methyl/N-ethyl adjacent to an activating group) is 1. The smallest absolute Gasteiger partial charge is 0.0602 e. The van der Waals surface area contributed by atoms with Crippen LogP contribution in [0.1, 0.15) is 43.2 Å². The first-order chi connectivity index (χ1) is 12.3. The zero-order chi connectivity index (χ0) is 17.5. The molecule has 0 saturated heterocycles. The van der Waals surface area contributed by atoms with Crippen LogP contribution in [0, 0.1) is 0 Å². The van der Waals surface area contributed by atoms with Crippen LogP contribution in [0.5, 0.6) is 0 Å². The molecule has 0 unspecified atom stereocenters. The molecule has 1 aliphatic rings. The molecule has 2 nitrogen and oxygen atoms in total. The summed E-state index contributed by atoms with van der Waals surface area (Å²) >= 11 is 6.56. The van der Waals surface area contributed by atoms with Gasteiger partial charge < -0.3 is 10.6 Å². The molecule has 0 heterocycles. The highest BCUT2D eigenvalue weighted by Crippen LogP contribution is 2.40. The molecule has 0 aliphatic heterocycles. The Balaban J connectivity index is 0.00000182. The van der Waals surface area contributed by atoms with Crippen LogP contribution in [0.15, 0.2) is 54.6 Å². The van der Waals surface area contributed by atoms with Gasteiger partial charge in [-0.1, -0.05) is 73.0 Å². The van der Waals surface area contributed by atoms with Gasteiger partial charge in [-0.15, -0.1) is 24.8 Å². The summed E-state index contributed by atoms with van der Waals surface area (Å²) in [6, 6.07) is 19.5. The molecular weight excluding hydrogens is 399 g/mol. The van der Waals surface area contributed by atoms with E-state index in [0.717, 1.165) is 30.8 Å². The first-order valence-corrected chi connectivity index (χ1v) is 9.85. The van der Waals surface area contributed by atoms with E-state index in [1.165, 1.54) is 30.4 Å². The summed E-state index contributed by atoms with van der Waals surface area (Å²) in [6.07, 6.45) is 7.13. The maximum Gasteiger partial charge on any atom is 0.0602 e. The summed E-state index contributed by atoms with van der Waals surface area (Å²) in [4.78, 5) is 0. The maximum atomic E-state index is 6.56. The molecule has 0 bridgehead atoms. The molecule has 0 radical (unpaired) electrons. The molecule has 2 aromatic rings. The molecule has 2 atom stereocenters. The summed E-state index contributed by atoms with van der Waals surface area (Å²) in [5.74, 6) is 0. The number of rotatable bonds is 7. The van der Waals surface area contributed by atoms with Crippen molar-refractivity contribution in [3.05, 3.63) is 70.7 Å². The normalized spacial score (nSPS) is 21.8. The van der Waals surface area contributed by atoms with Gasteiger partial charge in [-0.3, -0.25) is 0 Å². The summed E-state index contributed by atoms with van der Waals surface area (Å²) in [7, 11) is 2.08. The van der Waals surface area contributed by atoms with Gasteiger partial charge in [0.2, 0.25) is 0 Å². The highest BCUT2D eigenvalue weighted by atomic mass is 35.5. The van der Waals surface area contributed by atoms with Crippen LogP contribution in [0.3, 0.4) is 0 Å². The first-order valence-electron chi connectivity index (χ1n) is 9.47. The van der Waals surface area contributed by atoms with Gasteiger partial charge in [0.1, 0.15) is 0 Å². The highest BCUT2D eigenvalue weighted by molar-refractivity contribution is 6.31. The topological polar surface area (TPSA) is 24.1 Å². The fourth-order valence-electron chi connectivity index (χ4n) is 4.24. The van der Waals surface area contributed by atoms with Crippen LogP contribution >= 0.6 is 36.4 Å². The van der Waals surface area contributed by atoms with Gasteiger partial charge in [0, 0.05) is 11.1 Å². The fraction of sp³-hybridized carbons (Fsp3) is 0.455. The van der Waals surface area contributed by atoms with Gasteiger partial charge in [0.05, 0.1) is 5.54 Å². The molecule has 27 heavy (non-hydrogen) atoms. The predicted molar refractivity (Wildman–Crippen MR) is 122 cm³/mol. The predicted octanol–water partition coefficient (Wildman–Crippen LogP) is 5.76. The van der Waals surface area contributed by atoms with Gasteiger partial charge in [-0.25, -0.2) is 0 Å². The molecule has 1 saturated carbocycles. The minimum Gasteiger partial charge on any atom is -0.312 e. The molecule has 0 amide bonds. The van der Waals surface area contributed by atoms with Gasteiger partial charge in [0.25, 0.3) is 0 Å². The average Bonchev–Trinajstić information content (AvgIpc) is 2.67. The van der Waals surface area contributed by atoms with E-state index in [-0.39, 0.29) is 30.4 Å². The van der Waals surface area contributed by atoms with Gasteiger partial charge in [-0.05, 0) is 56.5 Å². The van der Waals surface area contributed by atoms with E-state index in [1.54, 1.807) is 0 Å². The number of benzene rings is 2. The third-order valence-corrected chi connectivity index (χ3v) is 5.91. The van der Waals surface area contributed by atoms with E-state index in [0.29, 0.717) is 6.04 Å². The molecule has 0 spiro atoms. The lowest BCUT2D eigenvalue weighted by Crippen LogP contribution is -2.58. The molecule has 150 valence electrons. The first kappa shape index (κ1) is 24.3. The largest absolute Gasteiger partial charge is 0.312 e. The molecule has 3 rings (SSSR count). The quantitative estimate of drug-likeness (QED) is 0.546. The Labute approximate surface area is 181 Å². The van der Waals surface area contributed by atoms with Gasteiger partial charge >= 0.3 is 0 Å². The highest BCUT2D eigenvalue weighted by Gasteiger charge is 2.41. The minimum atomic E-state index is -0.0661. The van der Waals surface area contributed by atoms with Crippen molar-refractivity contribution >= 4 is 36.4 Å². The molecule has 2 aromatic carbocycles. The standard InChI is InChI=1S/C22H29ClN2.2ClH/c1-24-22(19-13-5-6-14-20(19)23)16-8-7-15-21(22)25-17-9-12-18-10-3-2-4-11-18;;/h2-6,10-11,13-14,21,24-25H,7-9,12,15-17H2,1H3;2*1H/t21-,22-;;/m0../s1. The summed E-state index contributed by atoms with van der Waals surface area (Å²) < 4.78 is 0. The maximum absolute atomic E-state index is 6.56. The summed E-state index contributed by atoms with van der Waals surface area (Å²) in [6.45, 7) is 1.04. The lowest BCUT2D eigenvalue weighted by molar-refractivity contribution is 0.178. The number of nitrogens with one attached hydrogen (secondary N) is 2. The Morgan fingerprint density at radius 3 is 2.41 bits per heavy atom. The molecule has 1 aliphatic carbocycles. The van der Waals surface area contributed by atoms with E-state index >= 15 is 0 Å². The number of aryl methyl sites for hydroxylation is 1. The lowest BCUT2D eigenvalue weighted by atomic mass is 9.72.